The van der Waals surface area contributed by atoms with Crippen LogP contribution in [0.2, 0.25) is 0 Å². The van der Waals surface area contributed by atoms with Crippen LogP contribution in [0.4, 0.5) is 17.1 Å². The van der Waals surface area contributed by atoms with Crippen molar-refractivity contribution in [2.45, 2.75) is 88.9 Å². The van der Waals surface area contributed by atoms with E-state index in [-0.39, 0.29) is 12.3 Å². The lowest BCUT2D eigenvalue weighted by molar-refractivity contribution is -0.00512. The lowest BCUT2D eigenvalue weighted by Gasteiger charge is -2.57. The van der Waals surface area contributed by atoms with Crippen LogP contribution in [-0.4, -0.2) is 11.3 Å². The number of hydrogen-bond acceptors (Lipinski definition) is 2. The summed E-state index contributed by atoms with van der Waals surface area (Å²) in [6, 6.07) is 63.2. The number of anilines is 3. The Morgan fingerprint density at radius 3 is 1.90 bits per heavy atom. The molecule has 6 fully saturated rings. The third kappa shape index (κ3) is 5.54. The predicted molar refractivity (Wildman–Crippen MR) is 300 cm³/mol. The number of para-hydroxylation sites is 1. The quantitative estimate of drug-likeness (QED) is 0.160. The van der Waals surface area contributed by atoms with Crippen LogP contribution in [0.1, 0.15) is 89.2 Å². The number of rotatable bonds is 5. The largest absolute Gasteiger partial charge is 0.454 e. The molecule has 4 heterocycles. The molecule has 72 heavy (non-hydrogen) atoms. The molecule has 2 unspecified atom stereocenters. The minimum atomic E-state index is -0.0863. The summed E-state index contributed by atoms with van der Waals surface area (Å²) in [6.45, 7) is 5.12. The first-order valence-corrected chi connectivity index (χ1v) is 27.6. The summed E-state index contributed by atoms with van der Waals surface area (Å²) in [5, 5.41) is 5.29. The third-order valence-electron chi connectivity index (χ3n) is 20.7. The summed E-state index contributed by atoms with van der Waals surface area (Å²) in [7, 11) is 0. The number of aromatic nitrogens is 1. The third-order valence-corrected chi connectivity index (χ3v) is 20.7. The van der Waals surface area contributed by atoms with Crippen LogP contribution >= 0.6 is 0 Å². The minimum Gasteiger partial charge on any atom is -0.454 e. The van der Waals surface area contributed by atoms with Crippen LogP contribution < -0.4 is 15.8 Å². The molecule has 4 heteroatoms. The minimum absolute atomic E-state index is 0.0863. The van der Waals surface area contributed by atoms with Crippen LogP contribution in [0.5, 0.6) is 0 Å². The van der Waals surface area contributed by atoms with Gasteiger partial charge in [0.05, 0.1) is 5.69 Å². The standard InChI is InChI=1S/C68H59BN2O/c1-40-48-17-18-49(40)39-67(2,38-48)51-32-56-54-31-50(68-35-41-27-42(36-68)29-43(28-41)37-68)22-26-60(54)71-64(56)57(33-51)55-34-58-53-15-9-10-16-62(53)72-66(58)65-63(55)69(71)59-30-47(45-13-7-4-8-14-45)21-25-61(59)70(65)52-23-19-46(20-24-52)44-11-5-3-6-12-44/h3-16,19-26,30-34,40-43,48-49H,17-18,27-29,35-39H2,1-2H3. The van der Waals surface area contributed by atoms with Crippen LogP contribution in [0.15, 0.2) is 168 Å². The number of hydrogen-bond donors (Lipinski definition) is 0. The van der Waals surface area contributed by atoms with E-state index in [2.05, 4.69) is 187 Å². The van der Waals surface area contributed by atoms with E-state index in [9.17, 15) is 0 Å². The average Bonchev–Trinajstić information content (AvgIpc) is 4.02. The number of fused-ring (bicyclic) bond motifs is 13. The number of furan rings is 1. The van der Waals surface area contributed by atoms with Gasteiger partial charge < -0.3 is 13.8 Å². The smallest absolute Gasteiger partial charge is 0.333 e. The molecular weight excluding hydrogens is 872 g/mol. The van der Waals surface area contributed by atoms with E-state index in [0.29, 0.717) is 5.41 Å². The fourth-order valence-electron chi connectivity index (χ4n) is 17.8. The van der Waals surface area contributed by atoms with Gasteiger partial charge in [0.1, 0.15) is 5.58 Å². The molecule has 0 saturated heterocycles. The second-order valence-electron chi connectivity index (χ2n) is 24.6. The van der Waals surface area contributed by atoms with Crippen molar-refractivity contribution in [1.29, 1.82) is 0 Å². The van der Waals surface area contributed by atoms with Gasteiger partial charge in [-0.15, -0.1) is 0 Å². The van der Waals surface area contributed by atoms with Crippen molar-refractivity contribution in [2.75, 3.05) is 4.90 Å². The molecule has 0 spiro atoms. The second kappa shape index (κ2) is 14.5. The van der Waals surface area contributed by atoms with Crippen LogP contribution in [0, 0.1) is 35.5 Å². The molecule has 18 rings (SSSR count). The van der Waals surface area contributed by atoms with E-state index in [1.807, 2.05) is 0 Å². The van der Waals surface area contributed by atoms with Crippen LogP contribution in [0.3, 0.4) is 0 Å². The SMILES string of the molecule is CC1C2CCC1CC(C)(c1cc3c4c(c1)c1cc(C56CC7CC(CC(C7)C5)C6)ccc1n4B1c4cc(-c5ccccc5)ccc4N(c4ccc(-c5ccccc5)cc4)c4c1c-3cc1c4oc3ccccc31)C2. The Morgan fingerprint density at radius 1 is 0.542 bits per heavy atom. The lowest BCUT2D eigenvalue weighted by atomic mass is 9.44. The zero-order valence-corrected chi connectivity index (χ0v) is 41.5. The summed E-state index contributed by atoms with van der Waals surface area (Å²) in [5.74, 6) is 5.11. The molecule has 2 aliphatic heterocycles. The highest BCUT2D eigenvalue weighted by Crippen LogP contribution is 2.62. The number of nitrogens with zero attached hydrogens (tertiary/aromatic N) is 2. The van der Waals surface area contributed by atoms with Gasteiger partial charge >= 0.3 is 6.85 Å². The molecule has 10 aromatic rings. The van der Waals surface area contributed by atoms with E-state index in [4.69, 9.17) is 4.42 Å². The van der Waals surface area contributed by atoms with Gasteiger partial charge in [0, 0.05) is 49.5 Å². The van der Waals surface area contributed by atoms with Crippen molar-refractivity contribution in [3.63, 3.8) is 0 Å². The Labute approximate surface area is 423 Å². The molecule has 0 N–H and O–H groups in total. The van der Waals surface area contributed by atoms with Gasteiger partial charge in [0.15, 0.2) is 5.58 Å². The first kappa shape index (κ1) is 40.8. The first-order chi connectivity index (χ1) is 35.3. The molecule has 6 saturated carbocycles. The van der Waals surface area contributed by atoms with Crippen molar-refractivity contribution in [1.82, 2.24) is 4.48 Å². The van der Waals surface area contributed by atoms with E-state index >= 15 is 0 Å². The molecule has 3 nitrogen and oxygen atoms in total. The normalized spacial score (nSPS) is 27.4. The summed E-state index contributed by atoms with van der Waals surface area (Å²) in [4.78, 5) is 2.57. The van der Waals surface area contributed by atoms with Gasteiger partial charge in [0.25, 0.3) is 0 Å². The summed E-state index contributed by atoms with van der Waals surface area (Å²) in [6.07, 6.45) is 13.8. The second-order valence-corrected chi connectivity index (χ2v) is 24.6. The van der Waals surface area contributed by atoms with Gasteiger partial charge in [-0.25, -0.2) is 0 Å². The number of benzene rings is 8. The molecule has 350 valence electrons. The molecule has 2 atom stereocenters. The van der Waals surface area contributed by atoms with Gasteiger partial charge in [-0.2, -0.15) is 0 Å². The Bertz CT molecular complexity index is 3870. The maximum absolute atomic E-state index is 7.26. The Morgan fingerprint density at radius 2 is 1.18 bits per heavy atom. The molecule has 8 aromatic carbocycles. The highest BCUT2D eigenvalue weighted by Gasteiger charge is 2.53. The van der Waals surface area contributed by atoms with Crippen molar-refractivity contribution in [3.8, 4) is 33.4 Å². The fraction of sp³-hybridized carbons (Fsp3) is 0.294. The highest BCUT2D eigenvalue weighted by molar-refractivity contribution is 6.90. The van der Waals surface area contributed by atoms with Gasteiger partial charge in [-0.3, -0.25) is 0 Å². The summed E-state index contributed by atoms with van der Waals surface area (Å²) < 4.78 is 10.1. The first-order valence-electron chi connectivity index (χ1n) is 27.6. The maximum Gasteiger partial charge on any atom is 0.333 e. The maximum atomic E-state index is 7.26. The van der Waals surface area contributed by atoms with Gasteiger partial charge in [-0.05, 0) is 215 Å². The predicted octanol–water partition coefficient (Wildman–Crippen LogP) is 16.6. The Hall–Kier alpha value is -6.78. The van der Waals surface area contributed by atoms with Crippen molar-refractivity contribution < 1.29 is 4.42 Å². The molecule has 6 bridgehead atoms. The van der Waals surface area contributed by atoms with E-state index in [1.165, 1.54) is 152 Å². The van der Waals surface area contributed by atoms with E-state index in [0.717, 1.165) is 52.4 Å². The van der Waals surface area contributed by atoms with Crippen LogP contribution in [0.25, 0.3) is 77.1 Å². The zero-order chi connectivity index (χ0) is 47.2. The van der Waals surface area contributed by atoms with Crippen LogP contribution in [-0.2, 0) is 10.8 Å². The molecule has 8 aliphatic rings. The highest BCUT2D eigenvalue weighted by atomic mass is 16.3. The van der Waals surface area contributed by atoms with E-state index in [1.54, 1.807) is 11.1 Å². The summed E-state index contributed by atoms with van der Waals surface area (Å²) in [5.41, 5.74) is 22.1. The van der Waals surface area contributed by atoms with Crippen molar-refractivity contribution in [2.24, 2.45) is 35.5 Å². The van der Waals surface area contributed by atoms with Crippen molar-refractivity contribution in [3.05, 3.63) is 175 Å². The van der Waals surface area contributed by atoms with Gasteiger partial charge in [0.2, 0.25) is 0 Å². The molecule has 6 aliphatic carbocycles. The lowest BCUT2D eigenvalue weighted by Crippen LogP contribution is -2.56. The Kier molecular flexibility index (Phi) is 8.19. The molecular formula is C68H59BN2O. The topological polar surface area (TPSA) is 21.3 Å². The van der Waals surface area contributed by atoms with Crippen molar-refractivity contribution >= 4 is 78.6 Å². The molecule has 0 amide bonds. The Balaban J connectivity index is 0.989. The average molecular weight is 931 g/mol. The monoisotopic (exact) mass is 930 g/mol. The van der Waals surface area contributed by atoms with E-state index < -0.39 is 0 Å². The zero-order valence-electron chi connectivity index (χ0n) is 41.5. The molecule has 0 radical (unpaired) electrons. The van der Waals surface area contributed by atoms with Gasteiger partial charge in [-0.1, -0.05) is 123 Å². The fourth-order valence-corrected chi connectivity index (χ4v) is 17.8. The summed E-state index contributed by atoms with van der Waals surface area (Å²) >= 11 is 0. The molecule has 2 aromatic heterocycles.